The van der Waals surface area contributed by atoms with Gasteiger partial charge < -0.3 is 18.6 Å². The van der Waals surface area contributed by atoms with Gasteiger partial charge in [-0.3, -0.25) is 9.59 Å². The highest BCUT2D eigenvalue weighted by atomic mass is 16.5. The highest BCUT2D eigenvalue weighted by Crippen LogP contribution is 2.30. The summed E-state index contributed by atoms with van der Waals surface area (Å²) >= 11 is 0. The molecule has 0 fully saturated rings. The van der Waals surface area contributed by atoms with Crippen LogP contribution in [-0.4, -0.2) is 39.5 Å². The predicted molar refractivity (Wildman–Crippen MR) is 80.7 cm³/mol. The lowest BCUT2D eigenvalue weighted by atomic mass is 9.97. The van der Waals surface area contributed by atoms with Gasteiger partial charge in [-0.2, -0.15) is 0 Å². The Hall–Kier alpha value is -2.57. The molecule has 7 nitrogen and oxygen atoms in total. The number of nitrogens with zero attached hydrogens (tertiary/aromatic N) is 3. The fraction of sp³-hybridized carbons (Fsp3) is 0.438. The number of aryl methyl sites for hydroxylation is 1. The Kier molecular flexibility index (Phi) is 4.18. The van der Waals surface area contributed by atoms with Gasteiger partial charge in [-0.25, -0.2) is 4.98 Å². The molecule has 0 saturated carbocycles. The van der Waals surface area contributed by atoms with Crippen LogP contribution in [0.15, 0.2) is 29.3 Å². The number of ether oxygens (including phenoxy) is 1. The van der Waals surface area contributed by atoms with E-state index in [1.54, 1.807) is 24.2 Å². The molecule has 0 radical (unpaired) electrons. The molecule has 23 heavy (non-hydrogen) atoms. The second kappa shape index (κ2) is 6.28. The van der Waals surface area contributed by atoms with Crippen LogP contribution in [0.4, 0.5) is 0 Å². The first-order chi connectivity index (χ1) is 11.2. The summed E-state index contributed by atoms with van der Waals surface area (Å²) in [5.74, 6) is -1.02. The lowest BCUT2D eigenvalue weighted by Gasteiger charge is -2.31. The monoisotopic (exact) mass is 317 g/mol. The number of hydrogen-bond acceptors (Lipinski definition) is 5. The van der Waals surface area contributed by atoms with Gasteiger partial charge in [-0.15, -0.1) is 0 Å². The molecule has 7 heteroatoms. The molecular formula is C16H19N3O4. The van der Waals surface area contributed by atoms with Crippen LogP contribution < -0.4 is 0 Å². The number of furan rings is 1. The molecule has 1 amide bonds. The van der Waals surface area contributed by atoms with Crippen LogP contribution >= 0.6 is 0 Å². The third-order valence-electron chi connectivity index (χ3n) is 4.00. The highest BCUT2D eigenvalue weighted by molar-refractivity contribution is 5.94. The van der Waals surface area contributed by atoms with Crippen molar-refractivity contribution in [3.05, 3.63) is 41.9 Å². The van der Waals surface area contributed by atoms with Crippen LogP contribution in [0.1, 0.15) is 41.5 Å². The Morgan fingerprint density at radius 1 is 1.43 bits per heavy atom. The van der Waals surface area contributed by atoms with Crippen molar-refractivity contribution in [2.24, 2.45) is 0 Å². The molecule has 1 aliphatic heterocycles. The van der Waals surface area contributed by atoms with Crippen molar-refractivity contribution < 1.29 is 18.7 Å². The lowest BCUT2D eigenvalue weighted by molar-refractivity contribution is -0.145. The molecule has 0 N–H and O–H groups in total. The van der Waals surface area contributed by atoms with E-state index in [4.69, 9.17) is 9.15 Å². The Morgan fingerprint density at radius 3 is 2.91 bits per heavy atom. The van der Waals surface area contributed by atoms with Gasteiger partial charge in [0.05, 0.1) is 42.7 Å². The van der Waals surface area contributed by atoms with Gasteiger partial charge in [0.1, 0.15) is 12.2 Å². The smallest absolute Gasteiger partial charge is 0.316 e. The number of hydrogen-bond donors (Lipinski definition) is 0. The van der Waals surface area contributed by atoms with E-state index in [1.807, 2.05) is 11.5 Å². The number of imidazole rings is 1. The number of rotatable bonds is 4. The van der Waals surface area contributed by atoms with Crippen molar-refractivity contribution in [3.63, 3.8) is 0 Å². The average molecular weight is 317 g/mol. The molecule has 1 aliphatic rings. The van der Waals surface area contributed by atoms with E-state index < -0.39 is 5.92 Å². The summed E-state index contributed by atoms with van der Waals surface area (Å²) in [6.07, 6.45) is 4.57. The summed E-state index contributed by atoms with van der Waals surface area (Å²) in [7, 11) is 0. The number of aromatic nitrogens is 2. The molecule has 2 aromatic heterocycles. The van der Waals surface area contributed by atoms with Crippen molar-refractivity contribution in [3.8, 4) is 0 Å². The minimum absolute atomic E-state index is 0.176. The topological polar surface area (TPSA) is 77.6 Å². The van der Waals surface area contributed by atoms with E-state index in [0.717, 1.165) is 11.4 Å². The highest BCUT2D eigenvalue weighted by Gasteiger charge is 2.37. The summed E-state index contributed by atoms with van der Waals surface area (Å²) in [5, 5.41) is 0. The first-order valence-corrected chi connectivity index (χ1v) is 7.67. The normalized spacial score (nSPS) is 17.0. The summed E-state index contributed by atoms with van der Waals surface area (Å²) in [4.78, 5) is 30.9. The minimum atomic E-state index is -0.517. The van der Waals surface area contributed by atoms with Gasteiger partial charge in [0.15, 0.2) is 0 Å². The summed E-state index contributed by atoms with van der Waals surface area (Å²) in [6.45, 7) is 5.44. The van der Waals surface area contributed by atoms with Crippen LogP contribution in [-0.2, 0) is 22.6 Å². The third-order valence-corrected chi connectivity index (χ3v) is 4.00. The van der Waals surface area contributed by atoms with E-state index >= 15 is 0 Å². The second-order valence-corrected chi connectivity index (χ2v) is 5.36. The molecule has 0 spiro atoms. The van der Waals surface area contributed by atoms with Gasteiger partial charge in [-0.05, 0) is 19.9 Å². The Labute approximate surface area is 133 Å². The number of carbonyl (C=O) groups excluding carboxylic acids is 2. The lowest BCUT2D eigenvalue weighted by Crippen LogP contribution is -2.41. The Bertz CT molecular complexity index is 705. The van der Waals surface area contributed by atoms with Gasteiger partial charge in [0.25, 0.3) is 5.91 Å². The first kappa shape index (κ1) is 15.3. The molecule has 122 valence electrons. The fourth-order valence-electron chi connectivity index (χ4n) is 2.91. The largest absolute Gasteiger partial charge is 0.472 e. The molecular weight excluding hydrogens is 298 g/mol. The quantitative estimate of drug-likeness (QED) is 0.804. The SMILES string of the molecule is CCOC(=O)C1CN(C(=O)c2ccoc2)Cc2ncn(CC)c21. The average Bonchev–Trinajstić information content (AvgIpc) is 3.22. The third kappa shape index (κ3) is 2.74. The molecule has 1 atom stereocenters. The van der Waals surface area contributed by atoms with Crippen LogP contribution in [0.25, 0.3) is 0 Å². The van der Waals surface area contributed by atoms with E-state index in [-0.39, 0.29) is 18.4 Å². The van der Waals surface area contributed by atoms with Crippen molar-refractivity contribution in [2.45, 2.75) is 32.9 Å². The van der Waals surface area contributed by atoms with Gasteiger partial charge in [-0.1, -0.05) is 0 Å². The van der Waals surface area contributed by atoms with Crippen molar-refractivity contribution in [2.75, 3.05) is 13.2 Å². The van der Waals surface area contributed by atoms with Crippen LogP contribution in [0.2, 0.25) is 0 Å². The van der Waals surface area contributed by atoms with Crippen molar-refractivity contribution >= 4 is 11.9 Å². The van der Waals surface area contributed by atoms with E-state index in [2.05, 4.69) is 4.98 Å². The van der Waals surface area contributed by atoms with Gasteiger partial charge in [0, 0.05) is 13.1 Å². The molecule has 0 aliphatic carbocycles. The molecule has 0 saturated heterocycles. The number of esters is 1. The van der Waals surface area contributed by atoms with Crippen LogP contribution in [0.3, 0.4) is 0 Å². The molecule has 2 aromatic rings. The fourth-order valence-corrected chi connectivity index (χ4v) is 2.91. The number of carbonyl (C=O) groups is 2. The van der Waals surface area contributed by atoms with Crippen LogP contribution in [0, 0.1) is 0 Å². The number of amides is 1. The zero-order valence-electron chi connectivity index (χ0n) is 13.2. The maximum absolute atomic E-state index is 12.6. The minimum Gasteiger partial charge on any atom is -0.472 e. The molecule has 0 bridgehead atoms. The standard InChI is InChI=1S/C16H19N3O4/c1-3-18-10-17-13-8-19(15(20)11-5-6-22-9-11)7-12(14(13)18)16(21)23-4-2/h5-6,9-10,12H,3-4,7-8H2,1-2H3. The zero-order chi connectivity index (χ0) is 16.4. The van der Waals surface area contributed by atoms with Crippen molar-refractivity contribution in [1.82, 2.24) is 14.5 Å². The maximum atomic E-state index is 12.6. The van der Waals surface area contributed by atoms with E-state index in [1.165, 1.54) is 12.5 Å². The summed E-state index contributed by atoms with van der Waals surface area (Å²) in [5.41, 5.74) is 2.06. The maximum Gasteiger partial charge on any atom is 0.316 e. The Morgan fingerprint density at radius 2 is 2.26 bits per heavy atom. The Balaban J connectivity index is 1.93. The first-order valence-electron chi connectivity index (χ1n) is 7.67. The molecule has 0 aromatic carbocycles. The summed E-state index contributed by atoms with van der Waals surface area (Å²) in [6, 6.07) is 1.61. The number of fused-ring (bicyclic) bond motifs is 1. The van der Waals surface area contributed by atoms with Crippen LogP contribution in [0.5, 0.6) is 0 Å². The van der Waals surface area contributed by atoms with E-state index in [0.29, 0.717) is 25.3 Å². The van der Waals surface area contributed by atoms with E-state index in [9.17, 15) is 9.59 Å². The predicted octanol–water partition coefficient (Wildman–Crippen LogP) is 1.80. The van der Waals surface area contributed by atoms with Crippen molar-refractivity contribution in [1.29, 1.82) is 0 Å². The molecule has 1 unspecified atom stereocenters. The van der Waals surface area contributed by atoms with Gasteiger partial charge >= 0.3 is 5.97 Å². The summed E-state index contributed by atoms with van der Waals surface area (Å²) < 4.78 is 12.1. The second-order valence-electron chi connectivity index (χ2n) is 5.36. The zero-order valence-corrected chi connectivity index (χ0v) is 13.2. The van der Waals surface area contributed by atoms with Gasteiger partial charge in [0.2, 0.25) is 0 Å². The molecule has 3 rings (SSSR count). The molecule has 3 heterocycles.